The molecule has 2 rings (SSSR count). The maximum atomic E-state index is 12.2. The number of carbonyl (C=O) groups excluding carboxylic acids is 1. The van der Waals surface area contributed by atoms with Crippen LogP contribution in [0.4, 0.5) is 0 Å². The van der Waals surface area contributed by atoms with E-state index < -0.39 is 0 Å². The van der Waals surface area contributed by atoms with Crippen LogP contribution in [0.25, 0.3) is 0 Å². The SMILES string of the molecule is CNCC1CCCN(C(=O)c2cccnc2)C1.Cl.Cl. The molecule has 1 aromatic heterocycles. The highest BCUT2D eigenvalue weighted by atomic mass is 35.5. The summed E-state index contributed by atoms with van der Waals surface area (Å²) >= 11 is 0. The van der Waals surface area contributed by atoms with Crippen LogP contribution in [-0.2, 0) is 0 Å². The van der Waals surface area contributed by atoms with E-state index in [0.717, 1.165) is 26.1 Å². The van der Waals surface area contributed by atoms with Crippen molar-refractivity contribution in [3.63, 3.8) is 0 Å². The van der Waals surface area contributed by atoms with Crippen LogP contribution >= 0.6 is 24.8 Å². The molecule has 1 amide bonds. The number of aromatic nitrogens is 1. The molecule has 1 aliphatic rings. The van der Waals surface area contributed by atoms with Gasteiger partial charge >= 0.3 is 0 Å². The summed E-state index contributed by atoms with van der Waals surface area (Å²) in [7, 11) is 1.96. The number of hydrogen-bond acceptors (Lipinski definition) is 3. The Balaban J connectivity index is 0.00000162. The van der Waals surface area contributed by atoms with Crippen molar-refractivity contribution in [2.75, 3.05) is 26.7 Å². The molecule has 1 fully saturated rings. The molecule has 19 heavy (non-hydrogen) atoms. The Morgan fingerprint density at radius 1 is 1.53 bits per heavy atom. The molecule has 0 radical (unpaired) electrons. The minimum atomic E-state index is 0. The highest BCUT2D eigenvalue weighted by Gasteiger charge is 2.23. The minimum Gasteiger partial charge on any atom is -0.338 e. The third kappa shape index (κ3) is 4.97. The summed E-state index contributed by atoms with van der Waals surface area (Å²) < 4.78 is 0. The molecule has 4 nitrogen and oxygen atoms in total. The van der Waals surface area contributed by atoms with Crippen molar-refractivity contribution in [1.82, 2.24) is 15.2 Å². The van der Waals surface area contributed by atoms with Gasteiger partial charge in [0.15, 0.2) is 0 Å². The van der Waals surface area contributed by atoms with E-state index in [1.807, 2.05) is 24.1 Å². The van der Waals surface area contributed by atoms with Gasteiger partial charge in [0.1, 0.15) is 0 Å². The summed E-state index contributed by atoms with van der Waals surface area (Å²) in [6.07, 6.45) is 5.64. The van der Waals surface area contributed by atoms with Gasteiger partial charge in [-0.15, -0.1) is 24.8 Å². The quantitative estimate of drug-likeness (QED) is 0.929. The van der Waals surface area contributed by atoms with E-state index in [2.05, 4.69) is 10.3 Å². The fraction of sp³-hybridized carbons (Fsp3) is 0.538. The number of amides is 1. The van der Waals surface area contributed by atoms with Crippen LogP contribution in [0.15, 0.2) is 24.5 Å². The predicted octanol–water partition coefficient (Wildman–Crippen LogP) is 2.00. The van der Waals surface area contributed by atoms with Gasteiger partial charge in [-0.3, -0.25) is 9.78 Å². The first-order chi connectivity index (χ1) is 8.31. The molecule has 0 aromatic carbocycles. The Bertz CT molecular complexity index is 373. The molecule has 0 saturated carbocycles. The number of pyridine rings is 1. The van der Waals surface area contributed by atoms with E-state index in [1.54, 1.807) is 12.4 Å². The molecule has 6 heteroatoms. The number of halogens is 2. The first kappa shape index (κ1) is 18.2. The van der Waals surface area contributed by atoms with Gasteiger partial charge in [0.25, 0.3) is 5.91 Å². The van der Waals surface area contributed by atoms with Gasteiger partial charge in [-0.1, -0.05) is 0 Å². The van der Waals surface area contributed by atoms with Crippen molar-refractivity contribution < 1.29 is 4.79 Å². The van der Waals surface area contributed by atoms with Gasteiger partial charge in [-0.2, -0.15) is 0 Å². The van der Waals surface area contributed by atoms with Gasteiger partial charge in [0, 0.05) is 25.5 Å². The lowest BCUT2D eigenvalue weighted by atomic mass is 9.97. The van der Waals surface area contributed by atoms with Crippen molar-refractivity contribution >= 4 is 30.7 Å². The van der Waals surface area contributed by atoms with Crippen LogP contribution in [0, 0.1) is 5.92 Å². The summed E-state index contributed by atoms with van der Waals surface area (Å²) in [5.74, 6) is 0.688. The maximum Gasteiger partial charge on any atom is 0.255 e. The molecule has 1 saturated heterocycles. The summed E-state index contributed by atoms with van der Waals surface area (Å²) in [6, 6.07) is 3.64. The average Bonchev–Trinajstić information content (AvgIpc) is 2.40. The lowest BCUT2D eigenvalue weighted by Crippen LogP contribution is -2.42. The molecule has 1 N–H and O–H groups in total. The number of nitrogens with zero attached hydrogens (tertiary/aromatic N) is 2. The van der Waals surface area contributed by atoms with Gasteiger partial charge < -0.3 is 10.2 Å². The lowest BCUT2D eigenvalue weighted by molar-refractivity contribution is 0.0674. The molecule has 0 aliphatic carbocycles. The normalized spacial score (nSPS) is 18.2. The van der Waals surface area contributed by atoms with Crippen molar-refractivity contribution in [2.45, 2.75) is 12.8 Å². The third-order valence-electron chi connectivity index (χ3n) is 3.21. The van der Waals surface area contributed by atoms with Crippen LogP contribution in [0.5, 0.6) is 0 Å². The summed E-state index contributed by atoms with van der Waals surface area (Å²) in [6.45, 7) is 2.71. The van der Waals surface area contributed by atoms with Crippen molar-refractivity contribution in [3.05, 3.63) is 30.1 Å². The molecular weight excluding hydrogens is 285 g/mol. The van der Waals surface area contributed by atoms with Gasteiger partial charge in [-0.05, 0) is 44.5 Å². The van der Waals surface area contributed by atoms with Crippen molar-refractivity contribution in [3.8, 4) is 0 Å². The van der Waals surface area contributed by atoms with Crippen molar-refractivity contribution in [1.29, 1.82) is 0 Å². The molecule has 1 unspecified atom stereocenters. The molecule has 1 aliphatic heterocycles. The first-order valence-electron chi connectivity index (χ1n) is 6.15. The average molecular weight is 306 g/mol. The smallest absolute Gasteiger partial charge is 0.255 e. The van der Waals surface area contributed by atoms with E-state index in [0.29, 0.717) is 11.5 Å². The zero-order valence-corrected chi connectivity index (χ0v) is 12.7. The summed E-state index contributed by atoms with van der Waals surface area (Å²) in [5.41, 5.74) is 0.692. The minimum absolute atomic E-state index is 0. The highest BCUT2D eigenvalue weighted by molar-refractivity contribution is 5.93. The van der Waals surface area contributed by atoms with E-state index in [9.17, 15) is 4.79 Å². The fourth-order valence-corrected chi connectivity index (χ4v) is 2.38. The van der Waals surface area contributed by atoms with Crippen LogP contribution in [0.2, 0.25) is 0 Å². The predicted molar refractivity (Wildman–Crippen MR) is 81.3 cm³/mol. The first-order valence-corrected chi connectivity index (χ1v) is 6.15. The zero-order valence-electron chi connectivity index (χ0n) is 11.0. The molecule has 0 spiro atoms. The highest BCUT2D eigenvalue weighted by Crippen LogP contribution is 2.17. The molecule has 108 valence electrons. The van der Waals surface area contributed by atoms with E-state index in [-0.39, 0.29) is 30.7 Å². The largest absolute Gasteiger partial charge is 0.338 e. The number of hydrogen-bond donors (Lipinski definition) is 1. The number of carbonyl (C=O) groups is 1. The monoisotopic (exact) mass is 305 g/mol. The van der Waals surface area contributed by atoms with E-state index in [4.69, 9.17) is 0 Å². The molecular formula is C13H21Cl2N3O. The Hall–Kier alpha value is -0.840. The molecule has 1 atom stereocenters. The van der Waals surface area contributed by atoms with Gasteiger partial charge in [-0.25, -0.2) is 0 Å². The Morgan fingerprint density at radius 3 is 2.95 bits per heavy atom. The van der Waals surface area contributed by atoms with Crippen LogP contribution < -0.4 is 5.32 Å². The Kier molecular flexibility index (Phi) is 8.72. The van der Waals surface area contributed by atoms with Gasteiger partial charge in [0.2, 0.25) is 0 Å². The number of piperidine rings is 1. The lowest BCUT2D eigenvalue weighted by Gasteiger charge is -2.32. The molecule has 1 aromatic rings. The zero-order chi connectivity index (χ0) is 12.1. The molecule has 0 bridgehead atoms. The number of rotatable bonds is 3. The van der Waals surface area contributed by atoms with Crippen LogP contribution in [0.1, 0.15) is 23.2 Å². The number of likely N-dealkylation sites (tertiary alicyclic amines) is 1. The second-order valence-corrected chi connectivity index (χ2v) is 4.56. The maximum absolute atomic E-state index is 12.2. The summed E-state index contributed by atoms with van der Waals surface area (Å²) in [4.78, 5) is 18.2. The van der Waals surface area contributed by atoms with Crippen LogP contribution in [-0.4, -0.2) is 42.5 Å². The van der Waals surface area contributed by atoms with Gasteiger partial charge in [0.05, 0.1) is 5.56 Å². The third-order valence-corrected chi connectivity index (χ3v) is 3.21. The second kappa shape index (κ2) is 9.13. The standard InChI is InChI=1S/C13H19N3O.2ClH/c1-14-8-11-4-3-7-16(10-11)13(17)12-5-2-6-15-9-12;;/h2,5-6,9,11,14H,3-4,7-8,10H2,1H3;2*1H. The van der Waals surface area contributed by atoms with E-state index in [1.165, 1.54) is 6.42 Å². The topological polar surface area (TPSA) is 45.2 Å². The van der Waals surface area contributed by atoms with Crippen LogP contribution in [0.3, 0.4) is 0 Å². The summed E-state index contributed by atoms with van der Waals surface area (Å²) in [5, 5.41) is 3.19. The fourth-order valence-electron chi connectivity index (χ4n) is 2.38. The Labute approximate surface area is 126 Å². The Morgan fingerprint density at radius 2 is 2.32 bits per heavy atom. The van der Waals surface area contributed by atoms with E-state index >= 15 is 0 Å². The second-order valence-electron chi connectivity index (χ2n) is 4.56. The van der Waals surface area contributed by atoms with Crippen molar-refractivity contribution in [2.24, 2.45) is 5.92 Å². The number of nitrogens with one attached hydrogen (secondary N) is 1. The molecule has 2 heterocycles.